The Labute approximate surface area is 131 Å². The van der Waals surface area contributed by atoms with Gasteiger partial charge < -0.3 is 10.1 Å². The van der Waals surface area contributed by atoms with Crippen molar-refractivity contribution in [2.45, 2.75) is 71.9 Å². The maximum absolute atomic E-state index is 5.96. The predicted molar refractivity (Wildman–Crippen MR) is 92.0 cm³/mol. The van der Waals surface area contributed by atoms with E-state index in [0.29, 0.717) is 6.04 Å². The Morgan fingerprint density at radius 3 is 2.24 bits per heavy atom. The lowest BCUT2D eigenvalue weighted by atomic mass is 9.84. The summed E-state index contributed by atoms with van der Waals surface area (Å²) < 4.78 is 5.96. The second-order valence-corrected chi connectivity index (χ2v) is 6.11. The van der Waals surface area contributed by atoms with E-state index in [2.05, 4.69) is 58.1 Å². The maximum atomic E-state index is 5.96. The molecule has 2 heteroatoms. The molecule has 1 aromatic rings. The second kappa shape index (κ2) is 8.55. The van der Waals surface area contributed by atoms with Crippen molar-refractivity contribution in [2.75, 3.05) is 13.7 Å². The first-order valence-electron chi connectivity index (χ1n) is 8.37. The summed E-state index contributed by atoms with van der Waals surface area (Å²) in [5, 5.41) is 3.72. The molecule has 1 atom stereocenters. The van der Waals surface area contributed by atoms with Crippen LogP contribution in [-0.4, -0.2) is 25.3 Å². The number of aryl methyl sites for hydroxylation is 2. The van der Waals surface area contributed by atoms with Crippen LogP contribution in [0.25, 0.3) is 0 Å². The molecular formula is C19H33NO. The van der Waals surface area contributed by atoms with Crippen molar-refractivity contribution in [1.82, 2.24) is 5.32 Å². The summed E-state index contributed by atoms with van der Waals surface area (Å²) in [5.74, 6) is 0. The predicted octanol–water partition coefficient (Wildman–Crippen LogP) is 4.42. The van der Waals surface area contributed by atoms with Crippen molar-refractivity contribution in [3.05, 3.63) is 34.9 Å². The fraction of sp³-hybridized carbons (Fsp3) is 0.684. The molecule has 0 heterocycles. The van der Waals surface area contributed by atoms with E-state index in [1.165, 1.54) is 16.7 Å². The molecule has 0 saturated carbocycles. The largest absolute Gasteiger partial charge is 0.377 e. The van der Waals surface area contributed by atoms with Gasteiger partial charge >= 0.3 is 0 Å². The van der Waals surface area contributed by atoms with Crippen LogP contribution in [0.1, 0.15) is 56.7 Å². The summed E-state index contributed by atoms with van der Waals surface area (Å²) in [6, 6.07) is 7.17. The smallest absolute Gasteiger partial charge is 0.0828 e. The number of nitrogens with one attached hydrogen (secondary N) is 1. The lowest BCUT2D eigenvalue weighted by molar-refractivity contribution is -0.0471. The standard InChI is InChI=1S/C19H33NO/c1-7-12-20-18(19(8-2,9-3)21-6)14-17-11-10-15(4)16(5)13-17/h10-11,13,18,20H,7-9,12,14H2,1-6H3. The molecule has 120 valence electrons. The summed E-state index contributed by atoms with van der Waals surface area (Å²) in [4.78, 5) is 0. The first kappa shape index (κ1) is 18.2. The van der Waals surface area contributed by atoms with Gasteiger partial charge in [-0.05, 0) is 62.8 Å². The molecule has 0 spiro atoms. The van der Waals surface area contributed by atoms with Crippen molar-refractivity contribution in [2.24, 2.45) is 0 Å². The van der Waals surface area contributed by atoms with Crippen LogP contribution in [-0.2, 0) is 11.2 Å². The van der Waals surface area contributed by atoms with E-state index in [9.17, 15) is 0 Å². The molecule has 0 aliphatic rings. The van der Waals surface area contributed by atoms with Gasteiger partial charge in [-0.3, -0.25) is 0 Å². The Bertz CT molecular complexity index is 415. The third-order valence-corrected chi connectivity index (χ3v) is 4.89. The number of methoxy groups -OCH3 is 1. The Morgan fingerprint density at radius 1 is 1.10 bits per heavy atom. The molecule has 1 N–H and O–H groups in total. The summed E-state index contributed by atoms with van der Waals surface area (Å²) in [7, 11) is 1.86. The molecule has 1 rings (SSSR count). The number of hydrogen-bond acceptors (Lipinski definition) is 2. The molecule has 0 saturated heterocycles. The van der Waals surface area contributed by atoms with E-state index in [0.717, 1.165) is 32.2 Å². The molecule has 0 bridgehead atoms. The minimum Gasteiger partial charge on any atom is -0.377 e. The van der Waals surface area contributed by atoms with Crippen LogP contribution < -0.4 is 5.32 Å². The van der Waals surface area contributed by atoms with Gasteiger partial charge in [-0.1, -0.05) is 39.0 Å². The molecule has 21 heavy (non-hydrogen) atoms. The van der Waals surface area contributed by atoms with Gasteiger partial charge in [-0.2, -0.15) is 0 Å². The second-order valence-electron chi connectivity index (χ2n) is 6.11. The quantitative estimate of drug-likeness (QED) is 0.727. The number of hydrogen-bond donors (Lipinski definition) is 1. The van der Waals surface area contributed by atoms with E-state index >= 15 is 0 Å². The minimum absolute atomic E-state index is 0.0754. The molecule has 0 aliphatic carbocycles. The van der Waals surface area contributed by atoms with E-state index in [4.69, 9.17) is 4.74 Å². The fourth-order valence-corrected chi connectivity index (χ4v) is 3.10. The van der Waals surface area contributed by atoms with Crippen molar-refractivity contribution in [3.8, 4) is 0 Å². The van der Waals surface area contributed by atoms with Crippen LogP contribution in [0.3, 0.4) is 0 Å². The monoisotopic (exact) mass is 291 g/mol. The Kier molecular flexibility index (Phi) is 7.41. The van der Waals surface area contributed by atoms with Crippen LogP contribution in [0.5, 0.6) is 0 Å². The van der Waals surface area contributed by atoms with Gasteiger partial charge in [0.2, 0.25) is 0 Å². The average molecular weight is 291 g/mol. The Hall–Kier alpha value is -0.860. The fourth-order valence-electron chi connectivity index (χ4n) is 3.10. The lowest BCUT2D eigenvalue weighted by Crippen LogP contribution is -2.53. The van der Waals surface area contributed by atoms with Crippen LogP contribution >= 0.6 is 0 Å². The van der Waals surface area contributed by atoms with E-state index in [-0.39, 0.29) is 5.60 Å². The molecule has 2 nitrogen and oxygen atoms in total. The number of benzene rings is 1. The van der Waals surface area contributed by atoms with Gasteiger partial charge in [0.15, 0.2) is 0 Å². The maximum Gasteiger partial charge on any atom is 0.0828 e. The zero-order chi connectivity index (χ0) is 15.9. The van der Waals surface area contributed by atoms with Gasteiger partial charge in [0.25, 0.3) is 0 Å². The highest BCUT2D eigenvalue weighted by Gasteiger charge is 2.35. The van der Waals surface area contributed by atoms with Crippen molar-refractivity contribution < 1.29 is 4.74 Å². The molecule has 0 aromatic heterocycles. The molecular weight excluding hydrogens is 258 g/mol. The zero-order valence-corrected chi connectivity index (χ0v) is 14.8. The van der Waals surface area contributed by atoms with Crippen molar-refractivity contribution >= 4 is 0 Å². The Morgan fingerprint density at radius 2 is 1.76 bits per heavy atom. The van der Waals surface area contributed by atoms with Crippen LogP contribution in [0, 0.1) is 13.8 Å². The molecule has 1 unspecified atom stereocenters. The summed E-state index contributed by atoms with van der Waals surface area (Å²) >= 11 is 0. The van der Waals surface area contributed by atoms with Gasteiger partial charge in [-0.15, -0.1) is 0 Å². The van der Waals surface area contributed by atoms with Crippen LogP contribution in [0.4, 0.5) is 0 Å². The molecule has 0 amide bonds. The molecule has 0 fully saturated rings. The van der Waals surface area contributed by atoms with Gasteiger partial charge in [0, 0.05) is 13.2 Å². The highest BCUT2D eigenvalue weighted by atomic mass is 16.5. The highest BCUT2D eigenvalue weighted by Crippen LogP contribution is 2.27. The average Bonchev–Trinajstić information content (AvgIpc) is 2.50. The van der Waals surface area contributed by atoms with Crippen LogP contribution in [0.15, 0.2) is 18.2 Å². The first-order chi connectivity index (χ1) is 10.0. The topological polar surface area (TPSA) is 21.3 Å². The van der Waals surface area contributed by atoms with Gasteiger partial charge in [0.05, 0.1) is 5.60 Å². The summed E-state index contributed by atoms with van der Waals surface area (Å²) in [5.41, 5.74) is 4.06. The minimum atomic E-state index is -0.0754. The van der Waals surface area contributed by atoms with Crippen LogP contribution in [0.2, 0.25) is 0 Å². The van der Waals surface area contributed by atoms with E-state index in [1.807, 2.05) is 7.11 Å². The zero-order valence-electron chi connectivity index (χ0n) is 14.8. The molecule has 0 aliphatic heterocycles. The third kappa shape index (κ3) is 4.55. The number of rotatable bonds is 9. The number of ether oxygens (including phenoxy) is 1. The van der Waals surface area contributed by atoms with E-state index < -0.39 is 0 Å². The normalized spacial score (nSPS) is 13.4. The molecule has 0 radical (unpaired) electrons. The third-order valence-electron chi connectivity index (χ3n) is 4.89. The Balaban J connectivity index is 2.98. The van der Waals surface area contributed by atoms with E-state index in [1.54, 1.807) is 0 Å². The summed E-state index contributed by atoms with van der Waals surface area (Å²) in [6.07, 6.45) is 4.24. The summed E-state index contributed by atoms with van der Waals surface area (Å²) in [6.45, 7) is 12.1. The van der Waals surface area contributed by atoms with Crippen molar-refractivity contribution in [1.29, 1.82) is 0 Å². The first-order valence-corrected chi connectivity index (χ1v) is 8.37. The highest BCUT2D eigenvalue weighted by molar-refractivity contribution is 5.30. The molecule has 1 aromatic carbocycles. The lowest BCUT2D eigenvalue weighted by Gasteiger charge is -2.39. The van der Waals surface area contributed by atoms with Crippen molar-refractivity contribution in [3.63, 3.8) is 0 Å². The van der Waals surface area contributed by atoms with Gasteiger partial charge in [0.1, 0.15) is 0 Å². The van der Waals surface area contributed by atoms with Gasteiger partial charge in [-0.25, -0.2) is 0 Å². The SMILES string of the molecule is CCCNC(Cc1ccc(C)c(C)c1)C(CC)(CC)OC.